The standard InChI is InChI=1S/C23H27N3O15S/c24-10(21(35)36)2-3-14(28)26-11(20(34)25-7-15(29)30)8-42-13-6-9(5-12(27)17(13)32)1-4-16(31)41-19(23(39)40)18(33)22(37)38/h1,4-6,10-11,18-19,27,32-33H,2-3,7-8,24H2,(H,25,34)(H,26,28)(H,29,30)(H,35,36)(H,37,38)(H,39,40)/b4-1+. The zero-order valence-electron chi connectivity index (χ0n) is 21.3. The molecule has 1 rings (SSSR count). The normalized spacial score (nSPS) is 13.8. The third kappa shape index (κ3) is 11.7. The molecule has 0 aliphatic rings. The van der Waals surface area contributed by atoms with E-state index in [-0.39, 0.29) is 22.6 Å². The molecule has 0 aliphatic carbocycles. The Balaban J connectivity index is 3.07. The number of aliphatic hydroxyl groups excluding tert-OH is 1. The van der Waals surface area contributed by atoms with Gasteiger partial charge in [-0.25, -0.2) is 14.4 Å². The summed E-state index contributed by atoms with van der Waals surface area (Å²) >= 11 is 0.695. The van der Waals surface area contributed by atoms with Crippen LogP contribution in [0.5, 0.6) is 11.5 Å². The summed E-state index contributed by atoms with van der Waals surface area (Å²) in [6.07, 6.45) is -4.05. The van der Waals surface area contributed by atoms with Crippen molar-refractivity contribution >= 4 is 59.5 Å². The number of carbonyl (C=O) groups excluding carboxylic acids is 3. The molecule has 18 nitrogen and oxygen atoms in total. The molecule has 0 saturated heterocycles. The first-order valence-electron chi connectivity index (χ1n) is 11.5. The number of aliphatic carboxylic acids is 4. The number of carbonyl (C=O) groups is 7. The summed E-state index contributed by atoms with van der Waals surface area (Å²) < 4.78 is 4.43. The molecule has 1 aromatic rings. The lowest BCUT2D eigenvalue weighted by Crippen LogP contribution is -2.49. The predicted octanol–water partition coefficient (Wildman–Crippen LogP) is -2.48. The second-order valence-electron chi connectivity index (χ2n) is 8.22. The van der Waals surface area contributed by atoms with Gasteiger partial charge in [-0.1, -0.05) is 0 Å². The number of nitrogens with one attached hydrogen (secondary N) is 2. The number of aromatic hydroxyl groups is 2. The van der Waals surface area contributed by atoms with E-state index in [0.29, 0.717) is 17.8 Å². The summed E-state index contributed by atoms with van der Waals surface area (Å²) in [6.45, 7) is -0.797. The molecule has 0 aromatic heterocycles. The lowest BCUT2D eigenvalue weighted by Gasteiger charge is -2.19. The molecule has 0 saturated carbocycles. The van der Waals surface area contributed by atoms with Crippen molar-refractivity contribution in [3.8, 4) is 11.5 Å². The highest BCUT2D eigenvalue weighted by Crippen LogP contribution is 2.37. The maximum Gasteiger partial charge on any atom is 0.348 e. The molecule has 42 heavy (non-hydrogen) atoms. The first-order chi connectivity index (χ1) is 19.5. The van der Waals surface area contributed by atoms with Gasteiger partial charge >= 0.3 is 29.8 Å². The summed E-state index contributed by atoms with van der Waals surface area (Å²) in [4.78, 5) is 80.1. The third-order valence-corrected chi connectivity index (χ3v) is 6.11. The van der Waals surface area contributed by atoms with Crippen LogP contribution in [0.2, 0.25) is 0 Å². The van der Waals surface area contributed by atoms with Gasteiger partial charge in [0.1, 0.15) is 18.6 Å². The van der Waals surface area contributed by atoms with E-state index in [4.69, 9.17) is 26.2 Å². The van der Waals surface area contributed by atoms with Crippen LogP contribution in [-0.2, 0) is 38.3 Å². The van der Waals surface area contributed by atoms with E-state index in [1.54, 1.807) is 0 Å². The maximum absolute atomic E-state index is 12.5. The quantitative estimate of drug-likeness (QED) is 0.0374. The molecular weight excluding hydrogens is 590 g/mol. The summed E-state index contributed by atoms with van der Waals surface area (Å²) in [5.41, 5.74) is 5.35. The van der Waals surface area contributed by atoms with Crippen LogP contribution in [0.15, 0.2) is 23.1 Å². The van der Waals surface area contributed by atoms with Crippen molar-refractivity contribution in [1.29, 1.82) is 0 Å². The zero-order valence-corrected chi connectivity index (χ0v) is 22.1. The van der Waals surface area contributed by atoms with E-state index in [1.807, 2.05) is 0 Å². The van der Waals surface area contributed by atoms with Gasteiger partial charge in [0.2, 0.25) is 17.9 Å². The number of aliphatic hydroxyl groups is 1. The van der Waals surface area contributed by atoms with E-state index in [9.17, 15) is 48.9 Å². The number of ether oxygens (including phenoxy) is 1. The lowest BCUT2D eigenvalue weighted by molar-refractivity contribution is -0.176. The molecule has 0 spiro atoms. The van der Waals surface area contributed by atoms with E-state index in [2.05, 4.69) is 15.4 Å². The van der Waals surface area contributed by atoms with Crippen molar-refractivity contribution in [2.45, 2.75) is 42.0 Å². The minimum Gasteiger partial charge on any atom is -0.504 e. The van der Waals surface area contributed by atoms with Gasteiger partial charge in [-0.15, -0.1) is 11.8 Å². The number of benzene rings is 1. The van der Waals surface area contributed by atoms with Crippen molar-refractivity contribution in [2.24, 2.45) is 5.73 Å². The van der Waals surface area contributed by atoms with Crippen LogP contribution < -0.4 is 16.4 Å². The van der Waals surface area contributed by atoms with Gasteiger partial charge in [-0.05, 0) is 30.2 Å². The van der Waals surface area contributed by atoms with Crippen molar-refractivity contribution in [1.82, 2.24) is 10.6 Å². The fourth-order valence-electron chi connectivity index (χ4n) is 2.85. The summed E-state index contributed by atoms with van der Waals surface area (Å²) in [6, 6.07) is -0.611. The Kier molecular flexibility index (Phi) is 13.7. The number of nitrogens with two attached hydrogens (primary N) is 1. The first-order valence-corrected chi connectivity index (χ1v) is 12.5. The number of amides is 2. The SMILES string of the molecule is NC(CCC(=O)NC(CSc1cc(/C=C/C(=O)OC(C(=O)O)C(O)C(=O)O)cc(O)c1O)C(=O)NCC(=O)O)C(=O)O. The number of rotatable bonds is 17. The monoisotopic (exact) mass is 617 g/mol. The smallest absolute Gasteiger partial charge is 0.348 e. The molecule has 4 unspecified atom stereocenters. The third-order valence-electron chi connectivity index (χ3n) is 4.99. The largest absolute Gasteiger partial charge is 0.504 e. The fraction of sp³-hybridized carbons (Fsp3) is 0.348. The molecule has 0 bridgehead atoms. The van der Waals surface area contributed by atoms with E-state index in [1.165, 1.54) is 6.07 Å². The molecule has 0 fully saturated rings. The summed E-state index contributed by atoms with van der Waals surface area (Å²) in [5, 5.41) is 69.3. The number of carboxylic acid groups (broad SMARTS) is 4. The second-order valence-corrected chi connectivity index (χ2v) is 9.29. The van der Waals surface area contributed by atoms with Crippen molar-refractivity contribution in [3.63, 3.8) is 0 Å². The first kappa shape index (κ1) is 35.1. The Bertz CT molecular complexity index is 1250. The molecule has 11 N–H and O–H groups in total. The number of hydrogen-bond acceptors (Lipinski definition) is 13. The molecule has 19 heteroatoms. The van der Waals surface area contributed by atoms with E-state index < -0.39 is 90.4 Å². The Labute approximate surface area is 239 Å². The number of phenolic OH excluding ortho intramolecular Hbond substituents is 2. The average Bonchev–Trinajstić information content (AvgIpc) is 2.91. The molecule has 0 radical (unpaired) electrons. The summed E-state index contributed by atoms with van der Waals surface area (Å²) in [5.74, 6) is -11.5. The number of thioether (sulfide) groups is 1. The van der Waals surface area contributed by atoms with Crippen LogP contribution in [-0.4, -0.2) is 114 Å². The maximum atomic E-state index is 12.5. The van der Waals surface area contributed by atoms with Crippen molar-refractivity contribution in [3.05, 3.63) is 23.8 Å². The van der Waals surface area contributed by atoms with Gasteiger partial charge in [-0.2, -0.15) is 0 Å². The molecule has 1 aromatic carbocycles. The van der Waals surface area contributed by atoms with Gasteiger partial charge in [0.05, 0.1) is 4.90 Å². The molecule has 0 aliphatic heterocycles. The van der Waals surface area contributed by atoms with Crippen molar-refractivity contribution < 1.29 is 74.0 Å². The average molecular weight is 618 g/mol. The summed E-state index contributed by atoms with van der Waals surface area (Å²) in [7, 11) is 0. The van der Waals surface area contributed by atoms with Gasteiger partial charge in [-0.3, -0.25) is 19.2 Å². The van der Waals surface area contributed by atoms with Crippen LogP contribution in [0, 0.1) is 0 Å². The Morgan fingerprint density at radius 2 is 1.62 bits per heavy atom. The Hall–Kier alpha value is -4.88. The van der Waals surface area contributed by atoms with Crippen LogP contribution in [0.1, 0.15) is 18.4 Å². The minimum atomic E-state index is -2.56. The highest BCUT2D eigenvalue weighted by atomic mass is 32.2. The highest BCUT2D eigenvalue weighted by Gasteiger charge is 2.35. The number of carboxylic acids is 4. The van der Waals surface area contributed by atoms with Gasteiger partial charge in [0, 0.05) is 18.2 Å². The molecule has 0 heterocycles. The lowest BCUT2D eigenvalue weighted by atomic mass is 10.1. The number of esters is 1. The Morgan fingerprint density at radius 1 is 0.976 bits per heavy atom. The zero-order chi connectivity index (χ0) is 32.1. The highest BCUT2D eigenvalue weighted by molar-refractivity contribution is 7.99. The van der Waals surface area contributed by atoms with Crippen LogP contribution in [0.4, 0.5) is 0 Å². The van der Waals surface area contributed by atoms with E-state index >= 15 is 0 Å². The van der Waals surface area contributed by atoms with Gasteiger partial charge in [0.15, 0.2) is 17.6 Å². The fourth-order valence-corrected chi connectivity index (χ4v) is 3.89. The molecule has 230 valence electrons. The van der Waals surface area contributed by atoms with Crippen LogP contribution >= 0.6 is 11.8 Å². The molecular formula is C23H27N3O15S. The second kappa shape index (κ2) is 16.4. The van der Waals surface area contributed by atoms with E-state index in [0.717, 1.165) is 12.1 Å². The van der Waals surface area contributed by atoms with Crippen molar-refractivity contribution in [2.75, 3.05) is 12.3 Å². The molecule has 2 amide bonds. The van der Waals surface area contributed by atoms with Crippen LogP contribution in [0.25, 0.3) is 6.08 Å². The number of hydrogen-bond donors (Lipinski definition) is 10. The predicted molar refractivity (Wildman–Crippen MR) is 138 cm³/mol. The molecule has 4 atom stereocenters. The van der Waals surface area contributed by atoms with Gasteiger partial charge in [0.25, 0.3) is 0 Å². The van der Waals surface area contributed by atoms with Gasteiger partial charge < -0.3 is 56.8 Å². The minimum absolute atomic E-state index is 0.00832. The number of phenols is 2. The van der Waals surface area contributed by atoms with Crippen LogP contribution in [0.3, 0.4) is 0 Å². The Morgan fingerprint density at radius 3 is 2.17 bits per heavy atom. The topological polar surface area (TPSA) is 320 Å².